The summed E-state index contributed by atoms with van der Waals surface area (Å²) in [6.45, 7) is 1.76. The van der Waals surface area contributed by atoms with Gasteiger partial charge < -0.3 is 24.8 Å². The number of carbonyl (C=O) groups is 2. The molecule has 8 nitrogen and oxygen atoms in total. The number of nitriles is 1. The molecule has 1 heterocycles. The quantitative estimate of drug-likeness (QED) is 0.683. The minimum absolute atomic E-state index is 0.118. The van der Waals surface area contributed by atoms with Gasteiger partial charge in [-0.15, -0.1) is 0 Å². The molecule has 0 fully saturated rings. The molecule has 0 spiro atoms. The first-order valence-electron chi connectivity index (χ1n) is 9.31. The lowest BCUT2D eigenvalue weighted by atomic mass is 9.95. The number of hydrogen-bond donors (Lipinski definition) is 2. The molecule has 2 N–H and O–H groups in total. The van der Waals surface area contributed by atoms with Crippen molar-refractivity contribution in [2.45, 2.75) is 13.0 Å². The number of benzene rings is 2. The first-order valence-corrected chi connectivity index (χ1v) is 9.31. The summed E-state index contributed by atoms with van der Waals surface area (Å²) in [6.07, 6.45) is 0. The Labute approximate surface area is 174 Å². The van der Waals surface area contributed by atoms with Crippen molar-refractivity contribution in [2.24, 2.45) is 0 Å². The Bertz CT molecular complexity index is 1010. The maximum Gasteiger partial charge on any atom is 0.338 e. The molecule has 30 heavy (non-hydrogen) atoms. The summed E-state index contributed by atoms with van der Waals surface area (Å²) in [4.78, 5) is 25.1. The molecule has 0 saturated carbocycles. The summed E-state index contributed by atoms with van der Waals surface area (Å²) in [5.41, 5.74) is 1.54. The number of nitrogens with one attached hydrogen (secondary N) is 2. The van der Waals surface area contributed by atoms with Crippen LogP contribution in [0.3, 0.4) is 0 Å². The third kappa shape index (κ3) is 4.52. The Morgan fingerprint density at radius 3 is 2.57 bits per heavy atom. The molecule has 0 aromatic heterocycles. The number of ether oxygens (including phenoxy) is 3. The number of esters is 1. The van der Waals surface area contributed by atoms with E-state index in [9.17, 15) is 14.9 Å². The molecule has 0 radical (unpaired) electrons. The molecular weight excluding hydrogens is 386 g/mol. The van der Waals surface area contributed by atoms with Crippen LogP contribution in [0.5, 0.6) is 11.5 Å². The van der Waals surface area contributed by atoms with Gasteiger partial charge in [-0.2, -0.15) is 5.26 Å². The van der Waals surface area contributed by atoms with Gasteiger partial charge in [0.05, 0.1) is 36.6 Å². The normalized spacial score (nSPS) is 15.5. The predicted molar refractivity (Wildman–Crippen MR) is 108 cm³/mol. The number of rotatable bonds is 7. The molecule has 154 valence electrons. The van der Waals surface area contributed by atoms with Gasteiger partial charge in [-0.1, -0.05) is 24.3 Å². The molecule has 0 saturated heterocycles. The highest BCUT2D eigenvalue weighted by Crippen LogP contribution is 2.29. The van der Waals surface area contributed by atoms with Crippen LogP contribution in [0.15, 0.2) is 59.8 Å². The molecule has 2 aromatic carbocycles. The molecule has 2 aromatic rings. The van der Waals surface area contributed by atoms with Crippen LogP contribution in [0.4, 0.5) is 4.79 Å². The SMILES string of the molecule is CCOC(=O)C1=C(COc2ccccc2C#N)NC(=O)NC1c1ccc(OC)cc1. The maximum atomic E-state index is 12.8. The lowest BCUT2D eigenvalue weighted by Crippen LogP contribution is -2.47. The lowest BCUT2D eigenvalue weighted by Gasteiger charge is -2.29. The van der Waals surface area contributed by atoms with E-state index >= 15 is 0 Å². The van der Waals surface area contributed by atoms with Gasteiger partial charge in [-0.05, 0) is 36.8 Å². The molecule has 8 heteroatoms. The molecule has 1 unspecified atom stereocenters. The van der Waals surface area contributed by atoms with Crippen molar-refractivity contribution in [2.75, 3.05) is 20.3 Å². The first-order chi connectivity index (χ1) is 14.6. The fraction of sp³-hybridized carbons (Fsp3) is 0.227. The third-order valence-corrected chi connectivity index (χ3v) is 4.48. The maximum absolute atomic E-state index is 12.8. The Hall–Kier alpha value is -3.99. The Morgan fingerprint density at radius 2 is 1.90 bits per heavy atom. The molecule has 0 bridgehead atoms. The molecule has 3 rings (SSSR count). The lowest BCUT2D eigenvalue weighted by molar-refractivity contribution is -0.139. The van der Waals surface area contributed by atoms with Crippen molar-refractivity contribution in [3.63, 3.8) is 0 Å². The van der Waals surface area contributed by atoms with Crippen LogP contribution in [-0.4, -0.2) is 32.3 Å². The summed E-state index contributed by atoms with van der Waals surface area (Å²) >= 11 is 0. The highest BCUT2D eigenvalue weighted by atomic mass is 16.5. The van der Waals surface area contributed by atoms with E-state index in [4.69, 9.17) is 14.2 Å². The zero-order valence-corrected chi connectivity index (χ0v) is 16.6. The third-order valence-electron chi connectivity index (χ3n) is 4.48. The van der Waals surface area contributed by atoms with Crippen LogP contribution >= 0.6 is 0 Å². The Kier molecular flexibility index (Phi) is 6.55. The van der Waals surface area contributed by atoms with Crippen LogP contribution in [-0.2, 0) is 9.53 Å². The van der Waals surface area contributed by atoms with Crippen molar-refractivity contribution in [3.8, 4) is 17.6 Å². The minimum atomic E-state index is -0.728. The summed E-state index contributed by atoms with van der Waals surface area (Å²) in [5.74, 6) is 0.430. The fourth-order valence-electron chi connectivity index (χ4n) is 3.06. The minimum Gasteiger partial charge on any atom is -0.497 e. The van der Waals surface area contributed by atoms with Crippen LogP contribution in [0.2, 0.25) is 0 Å². The number of hydrogen-bond acceptors (Lipinski definition) is 6. The van der Waals surface area contributed by atoms with E-state index < -0.39 is 18.0 Å². The number of carbonyl (C=O) groups excluding carboxylic acids is 2. The molecule has 1 aliphatic rings. The van der Waals surface area contributed by atoms with Crippen molar-refractivity contribution in [1.29, 1.82) is 5.26 Å². The molecule has 2 amide bonds. The Morgan fingerprint density at radius 1 is 1.17 bits per heavy atom. The van der Waals surface area contributed by atoms with Crippen LogP contribution < -0.4 is 20.1 Å². The van der Waals surface area contributed by atoms with E-state index in [0.29, 0.717) is 22.6 Å². The van der Waals surface area contributed by atoms with Crippen LogP contribution in [0.1, 0.15) is 24.1 Å². The average Bonchev–Trinajstić information content (AvgIpc) is 2.77. The number of methoxy groups -OCH3 is 1. The van der Waals surface area contributed by atoms with Crippen molar-refractivity contribution >= 4 is 12.0 Å². The van der Waals surface area contributed by atoms with Crippen molar-refractivity contribution < 1.29 is 23.8 Å². The summed E-state index contributed by atoms with van der Waals surface area (Å²) in [5, 5.41) is 14.6. The van der Waals surface area contributed by atoms with Crippen LogP contribution in [0.25, 0.3) is 0 Å². The summed E-state index contributed by atoms with van der Waals surface area (Å²) in [6, 6.07) is 14.6. The number of urea groups is 1. The van der Waals surface area contributed by atoms with Gasteiger partial charge in [0, 0.05) is 0 Å². The zero-order chi connectivity index (χ0) is 21.5. The Balaban J connectivity index is 1.98. The standard InChI is InChI=1S/C22H21N3O5/c1-3-29-21(26)19-17(13-30-18-7-5-4-6-15(18)12-23)24-22(27)25-20(19)14-8-10-16(28-2)11-9-14/h4-11,20H,3,13H2,1-2H3,(H2,24,25,27). The molecular formula is C22H21N3O5. The second kappa shape index (κ2) is 9.47. The molecule has 0 aliphatic carbocycles. The highest BCUT2D eigenvalue weighted by molar-refractivity contribution is 5.95. The summed E-state index contributed by atoms with van der Waals surface area (Å²) in [7, 11) is 1.56. The second-order valence-electron chi connectivity index (χ2n) is 6.31. The zero-order valence-electron chi connectivity index (χ0n) is 16.6. The van der Waals surface area contributed by atoms with Gasteiger partial charge in [-0.25, -0.2) is 9.59 Å². The van der Waals surface area contributed by atoms with Crippen molar-refractivity contribution in [1.82, 2.24) is 10.6 Å². The number of para-hydroxylation sites is 1. The second-order valence-corrected chi connectivity index (χ2v) is 6.31. The van der Waals surface area contributed by atoms with E-state index in [1.807, 2.05) is 6.07 Å². The van der Waals surface area contributed by atoms with E-state index in [-0.39, 0.29) is 24.5 Å². The van der Waals surface area contributed by atoms with Gasteiger partial charge in [0.2, 0.25) is 0 Å². The number of nitrogens with zero attached hydrogens (tertiary/aromatic N) is 1. The molecule has 1 aliphatic heterocycles. The predicted octanol–water partition coefficient (Wildman–Crippen LogP) is 2.82. The highest BCUT2D eigenvalue weighted by Gasteiger charge is 2.34. The molecule has 1 atom stereocenters. The van der Waals surface area contributed by atoms with Crippen LogP contribution in [0, 0.1) is 11.3 Å². The fourth-order valence-corrected chi connectivity index (χ4v) is 3.06. The van der Waals surface area contributed by atoms with E-state index in [0.717, 1.165) is 0 Å². The van der Waals surface area contributed by atoms with E-state index in [1.54, 1.807) is 62.6 Å². The van der Waals surface area contributed by atoms with E-state index in [2.05, 4.69) is 10.6 Å². The smallest absolute Gasteiger partial charge is 0.338 e. The number of amides is 2. The van der Waals surface area contributed by atoms with Gasteiger partial charge in [0.25, 0.3) is 0 Å². The van der Waals surface area contributed by atoms with E-state index in [1.165, 1.54) is 0 Å². The van der Waals surface area contributed by atoms with Gasteiger partial charge in [-0.3, -0.25) is 0 Å². The average molecular weight is 407 g/mol. The van der Waals surface area contributed by atoms with Crippen molar-refractivity contribution in [3.05, 3.63) is 70.9 Å². The topological polar surface area (TPSA) is 110 Å². The first kappa shape index (κ1) is 20.7. The largest absolute Gasteiger partial charge is 0.497 e. The van der Waals surface area contributed by atoms with Gasteiger partial charge in [0.1, 0.15) is 24.2 Å². The van der Waals surface area contributed by atoms with Gasteiger partial charge >= 0.3 is 12.0 Å². The van der Waals surface area contributed by atoms with Gasteiger partial charge in [0.15, 0.2) is 0 Å². The summed E-state index contributed by atoms with van der Waals surface area (Å²) < 4.78 is 16.1. The monoisotopic (exact) mass is 407 g/mol.